The number of sulfonamides is 1. The van der Waals surface area contributed by atoms with Crippen LogP contribution in [0.3, 0.4) is 0 Å². The maximum absolute atomic E-state index is 11.5. The number of pyridine rings is 1. The highest BCUT2D eigenvalue weighted by Crippen LogP contribution is 1.98. The molecule has 0 bridgehead atoms. The van der Waals surface area contributed by atoms with Crippen molar-refractivity contribution in [2.45, 2.75) is 6.92 Å². The topological polar surface area (TPSA) is 102 Å². The van der Waals surface area contributed by atoms with E-state index in [2.05, 4.69) is 10.3 Å². The highest BCUT2D eigenvalue weighted by atomic mass is 32.2. The number of amides is 1. The third kappa shape index (κ3) is 4.37. The van der Waals surface area contributed by atoms with Crippen LogP contribution in [-0.4, -0.2) is 31.6 Å². The zero-order valence-electron chi connectivity index (χ0n) is 8.80. The van der Waals surface area contributed by atoms with Gasteiger partial charge in [-0.2, -0.15) is 0 Å². The number of primary sulfonamides is 1. The number of nitrogens with one attached hydrogen (secondary N) is 1. The molecule has 0 saturated heterocycles. The van der Waals surface area contributed by atoms with E-state index in [0.29, 0.717) is 5.56 Å². The molecular weight excluding hydrogens is 230 g/mol. The highest BCUT2D eigenvalue weighted by Gasteiger charge is 2.07. The Hall–Kier alpha value is -1.47. The minimum Gasteiger partial charge on any atom is -0.351 e. The van der Waals surface area contributed by atoms with Crippen LogP contribution in [0.25, 0.3) is 0 Å². The van der Waals surface area contributed by atoms with Crippen LogP contribution < -0.4 is 10.5 Å². The van der Waals surface area contributed by atoms with Crippen molar-refractivity contribution in [3.05, 3.63) is 29.6 Å². The van der Waals surface area contributed by atoms with E-state index in [1.54, 1.807) is 12.1 Å². The van der Waals surface area contributed by atoms with Gasteiger partial charge in [0.1, 0.15) is 0 Å². The van der Waals surface area contributed by atoms with Gasteiger partial charge in [0.05, 0.1) is 11.3 Å². The Bertz CT molecular complexity index is 467. The van der Waals surface area contributed by atoms with Crippen molar-refractivity contribution in [2.75, 3.05) is 12.3 Å². The molecule has 1 amide bonds. The standard InChI is InChI=1S/C9H13N3O3S/c1-7-2-3-8(6-12-7)9(13)11-4-5-16(10,14)15/h2-3,6H,4-5H2,1H3,(H,11,13)(H2,10,14,15). The van der Waals surface area contributed by atoms with Crippen molar-refractivity contribution >= 4 is 15.9 Å². The molecule has 0 atom stereocenters. The van der Waals surface area contributed by atoms with E-state index in [0.717, 1.165) is 5.69 Å². The van der Waals surface area contributed by atoms with E-state index < -0.39 is 10.0 Å². The molecular formula is C9H13N3O3S. The monoisotopic (exact) mass is 243 g/mol. The van der Waals surface area contributed by atoms with Gasteiger partial charge >= 0.3 is 0 Å². The minimum absolute atomic E-state index is 0.00839. The largest absolute Gasteiger partial charge is 0.351 e. The molecule has 88 valence electrons. The van der Waals surface area contributed by atoms with E-state index in [-0.39, 0.29) is 18.2 Å². The minimum atomic E-state index is -3.54. The lowest BCUT2D eigenvalue weighted by atomic mass is 10.2. The Morgan fingerprint density at radius 3 is 2.69 bits per heavy atom. The van der Waals surface area contributed by atoms with Gasteiger partial charge in [0.25, 0.3) is 5.91 Å². The van der Waals surface area contributed by atoms with Crippen molar-refractivity contribution in [3.8, 4) is 0 Å². The Kier molecular flexibility index (Phi) is 3.97. The number of aromatic nitrogens is 1. The second kappa shape index (κ2) is 5.04. The lowest BCUT2D eigenvalue weighted by molar-refractivity contribution is 0.0956. The first-order valence-electron chi connectivity index (χ1n) is 4.60. The van der Waals surface area contributed by atoms with Crippen LogP contribution in [-0.2, 0) is 10.0 Å². The zero-order valence-corrected chi connectivity index (χ0v) is 9.62. The summed E-state index contributed by atoms with van der Waals surface area (Å²) in [5, 5.41) is 7.23. The molecule has 0 aromatic carbocycles. The van der Waals surface area contributed by atoms with Crippen molar-refractivity contribution in [2.24, 2.45) is 5.14 Å². The average molecular weight is 243 g/mol. The van der Waals surface area contributed by atoms with Gasteiger partial charge in [-0.3, -0.25) is 9.78 Å². The number of hydrogen-bond acceptors (Lipinski definition) is 4. The molecule has 0 radical (unpaired) electrons. The Balaban J connectivity index is 2.50. The molecule has 0 unspecified atom stereocenters. The lowest BCUT2D eigenvalue weighted by Crippen LogP contribution is -2.31. The molecule has 7 heteroatoms. The van der Waals surface area contributed by atoms with Gasteiger partial charge in [0.2, 0.25) is 10.0 Å². The van der Waals surface area contributed by atoms with Crippen LogP contribution in [0.4, 0.5) is 0 Å². The second-order valence-corrected chi connectivity index (χ2v) is 5.05. The van der Waals surface area contributed by atoms with Crippen LogP contribution in [0.5, 0.6) is 0 Å². The van der Waals surface area contributed by atoms with Crippen LogP contribution >= 0.6 is 0 Å². The maximum atomic E-state index is 11.5. The molecule has 6 nitrogen and oxygen atoms in total. The van der Waals surface area contributed by atoms with E-state index in [9.17, 15) is 13.2 Å². The van der Waals surface area contributed by atoms with Gasteiger partial charge in [0.15, 0.2) is 0 Å². The van der Waals surface area contributed by atoms with Gasteiger partial charge in [-0.1, -0.05) is 0 Å². The fourth-order valence-electron chi connectivity index (χ4n) is 1.01. The smallest absolute Gasteiger partial charge is 0.252 e. The Morgan fingerprint density at radius 1 is 1.50 bits per heavy atom. The molecule has 0 spiro atoms. The van der Waals surface area contributed by atoms with Crippen molar-refractivity contribution in [1.82, 2.24) is 10.3 Å². The summed E-state index contributed by atoms with van der Waals surface area (Å²) >= 11 is 0. The van der Waals surface area contributed by atoms with Gasteiger partial charge in [-0.15, -0.1) is 0 Å². The number of hydrogen-bond donors (Lipinski definition) is 2. The van der Waals surface area contributed by atoms with E-state index in [4.69, 9.17) is 5.14 Å². The normalized spacial score (nSPS) is 11.1. The summed E-state index contributed by atoms with van der Waals surface area (Å²) in [4.78, 5) is 15.4. The number of nitrogens with zero attached hydrogens (tertiary/aromatic N) is 1. The molecule has 16 heavy (non-hydrogen) atoms. The summed E-state index contributed by atoms with van der Waals surface area (Å²) in [6.07, 6.45) is 1.43. The first kappa shape index (κ1) is 12.6. The quantitative estimate of drug-likeness (QED) is 0.737. The molecule has 0 aliphatic rings. The number of carbonyl (C=O) groups excluding carboxylic acids is 1. The molecule has 1 heterocycles. The molecule has 0 aliphatic heterocycles. The van der Waals surface area contributed by atoms with Gasteiger partial charge in [-0.25, -0.2) is 13.6 Å². The van der Waals surface area contributed by atoms with E-state index in [1.807, 2.05) is 6.92 Å². The summed E-state index contributed by atoms with van der Waals surface area (Å²) in [5.41, 5.74) is 1.20. The van der Waals surface area contributed by atoms with Crippen LogP contribution in [0, 0.1) is 6.92 Å². The lowest BCUT2D eigenvalue weighted by Gasteiger charge is -2.03. The highest BCUT2D eigenvalue weighted by molar-refractivity contribution is 7.89. The number of carbonyl (C=O) groups is 1. The average Bonchev–Trinajstić information content (AvgIpc) is 2.16. The predicted octanol–water partition coefficient (Wildman–Crippen LogP) is -0.592. The third-order valence-electron chi connectivity index (χ3n) is 1.85. The first-order valence-corrected chi connectivity index (χ1v) is 6.31. The maximum Gasteiger partial charge on any atom is 0.252 e. The van der Waals surface area contributed by atoms with Crippen molar-refractivity contribution in [1.29, 1.82) is 0 Å². The van der Waals surface area contributed by atoms with Crippen molar-refractivity contribution in [3.63, 3.8) is 0 Å². The fourth-order valence-corrected chi connectivity index (χ4v) is 1.40. The zero-order chi connectivity index (χ0) is 12.2. The van der Waals surface area contributed by atoms with Gasteiger partial charge < -0.3 is 5.32 Å². The van der Waals surface area contributed by atoms with E-state index in [1.165, 1.54) is 6.20 Å². The van der Waals surface area contributed by atoms with Gasteiger partial charge in [0, 0.05) is 18.4 Å². The third-order valence-corrected chi connectivity index (χ3v) is 2.62. The SMILES string of the molecule is Cc1ccc(C(=O)NCCS(N)(=O)=O)cn1. The molecule has 0 aliphatic carbocycles. The molecule has 0 saturated carbocycles. The van der Waals surface area contributed by atoms with Crippen LogP contribution in [0.2, 0.25) is 0 Å². The molecule has 1 aromatic heterocycles. The van der Waals surface area contributed by atoms with E-state index >= 15 is 0 Å². The predicted molar refractivity (Wildman–Crippen MR) is 59.3 cm³/mol. The number of aryl methyl sites for hydroxylation is 1. The fraction of sp³-hybridized carbons (Fsp3) is 0.333. The molecule has 1 aromatic rings. The number of rotatable bonds is 4. The Labute approximate surface area is 93.9 Å². The molecule has 1 rings (SSSR count). The summed E-state index contributed by atoms with van der Waals surface area (Å²) in [6.45, 7) is 1.80. The van der Waals surface area contributed by atoms with Crippen LogP contribution in [0.15, 0.2) is 18.3 Å². The summed E-state index contributed by atoms with van der Waals surface area (Å²) < 4.78 is 21.2. The Morgan fingerprint density at radius 2 is 2.19 bits per heavy atom. The second-order valence-electron chi connectivity index (χ2n) is 3.31. The molecule has 0 fully saturated rings. The van der Waals surface area contributed by atoms with Crippen molar-refractivity contribution < 1.29 is 13.2 Å². The van der Waals surface area contributed by atoms with Crippen LogP contribution in [0.1, 0.15) is 16.1 Å². The van der Waals surface area contributed by atoms with Gasteiger partial charge in [-0.05, 0) is 19.1 Å². The first-order chi connectivity index (χ1) is 7.38. The molecule has 3 N–H and O–H groups in total. The summed E-state index contributed by atoms with van der Waals surface area (Å²) in [6, 6.07) is 3.32. The number of nitrogens with two attached hydrogens (primary N) is 1. The summed E-state index contributed by atoms with van der Waals surface area (Å²) in [5.74, 6) is -0.644. The summed E-state index contributed by atoms with van der Waals surface area (Å²) in [7, 11) is -3.54.